The van der Waals surface area contributed by atoms with Crippen molar-refractivity contribution < 1.29 is 9.84 Å². The Morgan fingerprint density at radius 2 is 2.00 bits per heavy atom. The molecule has 0 saturated carbocycles. The lowest BCUT2D eigenvalue weighted by Crippen LogP contribution is -2.40. The molecule has 0 aliphatic carbocycles. The Labute approximate surface area is 74.1 Å². The van der Waals surface area contributed by atoms with Crippen molar-refractivity contribution >= 4 is 0 Å². The summed E-state index contributed by atoms with van der Waals surface area (Å²) in [7, 11) is 0. The molecule has 0 aromatic rings. The smallest absolute Gasteiger partial charge is 0.0859 e. The lowest BCUT2D eigenvalue weighted by molar-refractivity contribution is -0.105. The van der Waals surface area contributed by atoms with E-state index in [0.717, 1.165) is 25.9 Å². The predicted molar refractivity (Wildman–Crippen MR) is 48.1 cm³/mol. The minimum atomic E-state index is -0.373. The van der Waals surface area contributed by atoms with E-state index in [-0.39, 0.29) is 12.2 Å². The first-order valence-corrected chi connectivity index (χ1v) is 4.63. The van der Waals surface area contributed by atoms with Gasteiger partial charge in [-0.15, -0.1) is 0 Å². The van der Waals surface area contributed by atoms with Crippen molar-refractivity contribution in [1.29, 1.82) is 0 Å². The van der Waals surface area contributed by atoms with Crippen molar-refractivity contribution in [1.82, 2.24) is 5.32 Å². The molecule has 12 heavy (non-hydrogen) atoms. The summed E-state index contributed by atoms with van der Waals surface area (Å²) in [5, 5.41) is 12.3. The third kappa shape index (κ3) is 3.09. The van der Waals surface area contributed by atoms with E-state index in [2.05, 4.69) is 5.32 Å². The number of aliphatic hydroxyl groups excluding tert-OH is 1. The molecular formula is C9H19NO2. The number of rotatable bonds is 3. The van der Waals surface area contributed by atoms with E-state index < -0.39 is 0 Å². The van der Waals surface area contributed by atoms with E-state index in [4.69, 9.17) is 9.84 Å². The highest BCUT2D eigenvalue weighted by Gasteiger charge is 2.23. The summed E-state index contributed by atoms with van der Waals surface area (Å²) in [4.78, 5) is 0. The second-order valence-corrected chi connectivity index (χ2v) is 3.99. The Morgan fingerprint density at radius 3 is 2.50 bits per heavy atom. The van der Waals surface area contributed by atoms with Crippen LogP contribution in [0.1, 0.15) is 26.7 Å². The van der Waals surface area contributed by atoms with Crippen LogP contribution in [-0.2, 0) is 4.74 Å². The zero-order valence-electron chi connectivity index (χ0n) is 7.97. The van der Waals surface area contributed by atoms with E-state index in [0.29, 0.717) is 6.10 Å². The summed E-state index contributed by atoms with van der Waals surface area (Å²) in [6, 6.07) is 0. The maximum Gasteiger partial charge on any atom is 0.0859 e. The average Bonchev–Trinajstić information content (AvgIpc) is 2.06. The molecule has 72 valence electrons. The topological polar surface area (TPSA) is 41.5 Å². The summed E-state index contributed by atoms with van der Waals surface area (Å²) in [5.74, 6) is 0. The van der Waals surface area contributed by atoms with Crippen LogP contribution in [0.15, 0.2) is 0 Å². The van der Waals surface area contributed by atoms with E-state index in [1.165, 1.54) is 0 Å². The Morgan fingerprint density at radius 1 is 1.42 bits per heavy atom. The van der Waals surface area contributed by atoms with E-state index in [9.17, 15) is 0 Å². The minimum absolute atomic E-state index is 0.0942. The fourth-order valence-corrected chi connectivity index (χ4v) is 1.40. The molecule has 1 rings (SSSR count). The highest BCUT2D eigenvalue weighted by atomic mass is 16.5. The molecule has 1 saturated heterocycles. The summed E-state index contributed by atoms with van der Waals surface area (Å²) in [6.45, 7) is 6.01. The maximum absolute atomic E-state index is 8.98. The van der Waals surface area contributed by atoms with Crippen LogP contribution in [-0.4, -0.2) is 36.5 Å². The molecule has 0 aromatic carbocycles. The molecule has 2 N–H and O–H groups in total. The van der Waals surface area contributed by atoms with Crippen LogP contribution in [0.4, 0.5) is 0 Å². The first-order chi connectivity index (χ1) is 5.64. The first-order valence-electron chi connectivity index (χ1n) is 4.63. The molecular weight excluding hydrogens is 154 g/mol. The Hall–Kier alpha value is -0.120. The van der Waals surface area contributed by atoms with Crippen LogP contribution in [0.3, 0.4) is 0 Å². The van der Waals surface area contributed by atoms with Crippen LogP contribution in [0.2, 0.25) is 0 Å². The zero-order chi connectivity index (χ0) is 9.03. The van der Waals surface area contributed by atoms with Gasteiger partial charge in [0, 0.05) is 0 Å². The molecule has 0 unspecified atom stereocenters. The third-order valence-corrected chi connectivity index (χ3v) is 2.15. The van der Waals surface area contributed by atoms with Crippen molar-refractivity contribution in [2.24, 2.45) is 0 Å². The predicted octanol–water partition coefficient (Wildman–Crippen LogP) is 0.526. The highest BCUT2D eigenvalue weighted by Crippen LogP contribution is 2.16. The van der Waals surface area contributed by atoms with Gasteiger partial charge in [0.25, 0.3) is 0 Å². The summed E-state index contributed by atoms with van der Waals surface area (Å²) < 4.78 is 5.74. The Balaban J connectivity index is 2.28. The standard InChI is InChI=1S/C9H19NO2/c1-9(2,7-11)12-8-3-5-10-6-4-8/h8,10-11H,3-7H2,1-2H3. The van der Waals surface area contributed by atoms with Crippen molar-refractivity contribution in [3.63, 3.8) is 0 Å². The van der Waals surface area contributed by atoms with Crippen LogP contribution < -0.4 is 5.32 Å². The second-order valence-electron chi connectivity index (χ2n) is 3.99. The van der Waals surface area contributed by atoms with Crippen LogP contribution in [0.25, 0.3) is 0 Å². The molecule has 1 aliphatic rings. The maximum atomic E-state index is 8.98. The van der Waals surface area contributed by atoms with Gasteiger partial charge in [0.15, 0.2) is 0 Å². The quantitative estimate of drug-likeness (QED) is 0.654. The van der Waals surface area contributed by atoms with Crippen molar-refractivity contribution in [2.45, 2.75) is 38.4 Å². The van der Waals surface area contributed by atoms with Gasteiger partial charge in [-0.3, -0.25) is 0 Å². The largest absolute Gasteiger partial charge is 0.393 e. The normalized spacial score (nSPS) is 21.2. The molecule has 3 nitrogen and oxygen atoms in total. The molecule has 0 bridgehead atoms. The minimum Gasteiger partial charge on any atom is -0.393 e. The van der Waals surface area contributed by atoms with Gasteiger partial charge >= 0.3 is 0 Å². The van der Waals surface area contributed by atoms with E-state index in [1.807, 2.05) is 13.8 Å². The average molecular weight is 173 g/mol. The Bertz CT molecular complexity index is 130. The number of ether oxygens (including phenoxy) is 1. The lowest BCUT2D eigenvalue weighted by Gasteiger charge is -2.31. The van der Waals surface area contributed by atoms with E-state index in [1.54, 1.807) is 0 Å². The summed E-state index contributed by atoms with van der Waals surface area (Å²) in [5.41, 5.74) is -0.373. The second kappa shape index (κ2) is 4.21. The number of nitrogens with one attached hydrogen (secondary N) is 1. The van der Waals surface area contributed by atoms with Gasteiger partial charge < -0.3 is 15.2 Å². The number of hydrogen-bond acceptors (Lipinski definition) is 3. The molecule has 1 aliphatic heterocycles. The molecule has 0 aromatic heterocycles. The third-order valence-electron chi connectivity index (χ3n) is 2.15. The van der Waals surface area contributed by atoms with Gasteiger partial charge in [-0.2, -0.15) is 0 Å². The van der Waals surface area contributed by atoms with Gasteiger partial charge in [-0.25, -0.2) is 0 Å². The number of hydrogen-bond donors (Lipinski definition) is 2. The van der Waals surface area contributed by atoms with Crippen LogP contribution in [0, 0.1) is 0 Å². The molecule has 0 atom stereocenters. The molecule has 1 heterocycles. The number of piperidine rings is 1. The Kier molecular flexibility index (Phi) is 3.50. The summed E-state index contributed by atoms with van der Waals surface area (Å²) >= 11 is 0. The van der Waals surface area contributed by atoms with E-state index >= 15 is 0 Å². The SMILES string of the molecule is CC(C)(CO)OC1CCNCC1. The molecule has 3 heteroatoms. The van der Waals surface area contributed by atoms with Gasteiger partial charge in [-0.1, -0.05) is 0 Å². The number of aliphatic hydroxyl groups is 1. The zero-order valence-corrected chi connectivity index (χ0v) is 7.97. The lowest BCUT2D eigenvalue weighted by atomic mass is 10.1. The van der Waals surface area contributed by atoms with Crippen LogP contribution in [0.5, 0.6) is 0 Å². The molecule has 0 amide bonds. The monoisotopic (exact) mass is 173 g/mol. The van der Waals surface area contributed by atoms with Crippen molar-refractivity contribution in [3.05, 3.63) is 0 Å². The van der Waals surface area contributed by atoms with Crippen LogP contribution >= 0.6 is 0 Å². The van der Waals surface area contributed by atoms with Crippen molar-refractivity contribution in [2.75, 3.05) is 19.7 Å². The van der Waals surface area contributed by atoms with Crippen molar-refractivity contribution in [3.8, 4) is 0 Å². The fourth-order valence-electron chi connectivity index (χ4n) is 1.40. The fraction of sp³-hybridized carbons (Fsp3) is 1.00. The first kappa shape index (κ1) is 9.96. The molecule has 0 radical (unpaired) electrons. The highest BCUT2D eigenvalue weighted by molar-refractivity contribution is 4.74. The molecule has 1 fully saturated rings. The van der Waals surface area contributed by atoms with Gasteiger partial charge in [0.1, 0.15) is 0 Å². The van der Waals surface area contributed by atoms with Gasteiger partial charge in [0.05, 0.1) is 18.3 Å². The summed E-state index contributed by atoms with van der Waals surface area (Å²) in [6.07, 6.45) is 2.45. The van der Waals surface area contributed by atoms with Gasteiger partial charge in [0.2, 0.25) is 0 Å². The molecule has 0 spiro atoms. The van der Waals surface area contributed by atoms with Gasteiger partial charge in [-0.05, 0) is 39.8 Å².